The summed E-state index contributed by atoms with van der Waals surface area (Å²) < 4.78 is 30.5. The van der Waals surface area contributed by atoms with Crippen LogP contribution in [0.2, 0.25) is 0 Å². The van der Waals surface area contributed by atoms with Gasteiger partial charge in [-0.05, 0) is 30.7 Å². The third-order valence-electron chi connectivity index (χ3n) is 3.20. The maximum Gasteiger partial charge on any atom is 0.310 e. The fraction of sp³-hybridized carbons (Fsp3) is 0.462. The van der Waals surface area contributed by atoms with Gasteiger partial charge in [-0.25, -0.2) is 8.78 Å². The van der Waals surface area contributed by atoms with E-state index in [0.717, 1.165) is 19.0 Å². The Labute approximate surface area is 104 Å². The summed E-state index contributed by atoms with van der Waals surface area (Å²) in [7, 11) is 1.38. The lowest BCUT2D eigenvalue weighted by atomic mass is 10.1. The van der Waals surface area contributed by atoms with Gasteiger partial charge in [0.1, 0.15) is 0 Å². The van der Waals surface area contributed by atoms with Crippen molar-refractivity contribution in [2.45, 2.75) is 13.0 Å². The minimum atomic E-state index is -0.840. The number of carbonyl (C=O) groups is 1. The first-order valence-electron chi connectivity index (χ1n) is 5.84. The molecule has 1 aliphatic rings. The SMILES string of the molecule is COC(=O)C1CCN(Cc2ccc(F)c(F)c2)C1. The molecule has 0 aliphatic carbocycles. The first kappa shape index (κ1) is 13.0. The van der Waals surface area contributed by atoms with Gasteiger partial charge in [-0.15, -0.1) is 0 Å². The second-order valence-corrected chi connectivity index (χ2v) is 4.49. The van der Waals surface area contributed by atoms with Crippen LogP contribution < -0.4 is 0 Å². The van der Waals surface area contributed by atoms with Gasteiger partial charge in [-0.1, -0.05) is 6.07 Å². The molecule has 18 heavy (non-hydrogen) atoms. The first-order valence-corrected chi connectivity index (χ1v) is 5.84. The molecule has 1 heterocycles. The molecule has 1 saturated heterocycles. The van der Waals surface area contributed by atoms with Crippen LogP contribution in [0.15, 0.2) is 18.2 Å². The van der Waals surface area contributed by atoms with Crippen LogP contribution in [0.1, 0.15) is 12.0 Å². The molecule has 1 fully saturated rings. The molecule has 0 amide bonds. The van der Waals surface area contributed by atoms with E-state index in [9.17, 15) is 13.6 Å². The van der Waals surface area contributed by atoms with Crippen LogP contribution in [-0.4, -0.2) is 31.1 Å². The van der Waals surface area contributed by atoms with Crippen molar-refractivity contribution >= 4 is 5.97 Å². The highest BCUT2D eigenvalue weighted by Crippen LogP contribution is 2.20. The number of esters is 1. The second-order valence-electron chi connectivity index (χ2n) is 4.49. The largest absolute Gasteiger partial charge is 0.469 e. The lowest BCUT2D eigenvalue weighted by Gasteiger charge is -2.15. The standard InChI is InChI=1S/C13H15F2NO2/c1-18-13(17)10-4-5-16(8-10)7-9-2-3-11(14)12(15)6-9/h2-3,6,10H,4-5,7-8H2,1H3. The summed E-state index contributed by atoms with van der Waals surface area (Å²) in [5, 5.41) is 0. The summed E-state index contributed by atoms with van der Waals surface area (Å²) in [6, 6.07) is 3.88. The van der Waals surface area contributed by atoms with Gasteiger partial charge in [0.25, 0.3) is 0 Å². The maximum absolute atomic E-state index is 13.0. The smallest absolute Gasteiger partial charge is 0.310 e. The van der Waals surface area contributed by atoms with E-state index in [0.29, 0.717) is 18.7 Å². The van der Waals surface area contributed by atoms with Crippen molar-refractivity contribution in [2.75, 3.05) is 20.2 Å². The highest BCUT2D eigenvalue weighted by Gasteiger charge is 2.28. The van der Waals surface area contributed by atoms with Crippen molar-refractivity contribution < 1.29 is 18.3 Å². The Morgan fingerprint density at radius 1 is 1.44 bits per heavy atom. The molecule has 0 bridgehead atoms. The van der Waals surface area contributed by atoms with Crippen molar-refractivity contribution in [1.82, 2.24) is 4.90 Å². The summed E-state index contributed by atoms with van der Waals surface area (Å²) in [4.78, 5) is 13.4. The first-order chi connectivity index (χ1) is 8.60. The lowest BCUT2D eigenvalue weighted by Crippen LogP contribution is -2.23. The Morgan fingerprint density at radius 2 is 2.22 bits per heavy atom. The third kappa shape index (κ3) is 2.85. The summed E-state index contributed by atoms with van der Waals surface area (Å²) >= 11 is 0. The third-order valence-corrected chi connectivity index (χ3v) is 3.20. The fourth-order valence-corrected chi connectivity index (χ4v) is 2.23. The molecule has 1 aromatic rings. The second kappa shape index (κ2) is 5.44. The van der Waals surface area contributed by atoms with Crippen LogP contribution in [0.3, 0.4) is 0 Å². The number of rotatable bonds is 3. The van der Waals surface area contributed by atoms with Crippen LogP contribution in [-0.2, 0) is 16.1 Å². The molecule has 1 aromatic carbocycles. The molecule has 0 N–H and O–H groups in total. The molecule has 98 valence electrons. The molecule has 1 atom stereocenters. The minimum Gasteiger partial charge on any atom is -0.469 e. The zero-order chi connectivity index (χ0) is 13.1. The van der Waals surface area contributed by atoms with Gasteiger partial charge < -0.3 is 4.74 Å². The number of carbonyl (C=O) groups excluding carboxylic acids is 1. The predicted octanol–water partition coefficient (Wildman–Crippen LogP) is 1.96. The van der Waals surface area contributed by atoms with E-state index >= 15 is 0 Å². The average molecular weight is 255 g/mol. The molecular formula is C13H15F2NO2. The van der Waals surface area contributed by atoms with Crippen molar-refractivity contribution in [3.8, 4) is 0 Å². The number of hydrogen-bond acceptors (Lipinski definition) is 3. The molecule has 5 heteroatoms. The summed E-state index contributed by atoms with van der Waals surface area (Å²) in [5.74, 6) is -1.99. The van der Waals surface area contributed by atoms with Gasteiger partial charge in [0.2, 0.25) is 0 Å². The Kier molecular flexibility index (Phi) is 3.91. The van der Waals surface area contributed by atoms with Crippen molar-refractivity contribution in [3.63, 3.8) is 0 Å². The highest BCUT2D eigenvalue weighted by molar-refractivity contribution is 5.72. The lowest BCUT2D eigenvalue weighted by molar-refractivity contribution is -0.144. The molecule has 0 spiro atoms. The Balaban J connectivity index is 1.95. The zero-order valence-electron chi connectivity index (χ0n) is 10.2. The van der Waals surface area contributed by atoms with Crippen LogP contribution in [0.5, 0.6) is 0 Å². The van der Waals surface area contributed by atoms with Gasteiger partial charge >= 0.3 is 5.97 Å². The number of halogens is 2. The quantitative estimate of drug-likeness (QED) is 0.773. The van der Waals surface area contributed by atoms with Crippen LogP contribution in [0.25, 0.3) is 0 Å². The Morgan fingerprint density at radius 3 is 2.89 bits per heavy atom. The number of hydrogen-bond donors (Lipinski definition) is 0. The molecule has 1 aliphatic heterocycles. The monoisotopic (exact) mass is 255 g/mol. The van der Waals surface area contributed by atoms with E-state index in [1.807, 2.05) is 4.90 Å². The van der Waals surface area contributed by atoms with Crippen LogP contribution in [0.4, 0.5) is 8.78 Å². The summed E-state index contributed by atoms with van der Waals surface area (Å²) in [6.07, 6.45) is 0.746. The van der Waals surface area contributed by atoms with Crippen LogP contribution in [0, 0.1) is 17.6 Å². The van der Waals surface area contributed by atoms with Crippen molar-refractivity contribution in [2.24, 2.45) is 5.92 Å². The molecule has 0 aromatic heterocycles. The summed E-state index contributed by atoms with van der Waals surface area (Å²) in [5.41, 5.74) is 0.708. The zero-order valence-corrected chi connectivity index (χ0v) is 10.2. The molecular weight excluding hydrogens is 240 g/mol. The highest BCUT2D eigenvalue weighted by atomic mass is 19.2. The van der Waals surface area contributed by atoms with Crippen molar-refractivity contribution in [3.05, 3.63) is 35.4 Å². The Hall–Kier alpha value is -1.49. The topological polar surface area (TPSA) is 29.5 Å². The van der Waals surface area contributed by atoms with Gasteiger partial charge in [-0.2, -0.15) is 0 Å². The van der Waals surface area contributed by atoms with Crippen molar-refractivity contribution in [1.29, 1.82) is 0 Å². The molecule has 1 unspecified atom stereocenters. The average Bonchev–Trinajstić information content (AvgIpc) is 2.81. The maximum atomic E-state index is 13.0. The normalized spacial score (nSPS) is 20.1. The predicted molar refractivity (Wildman–Crippen MR) is 61.8 cm³/mol. The van der Waals surface area contributed by atoms with E-state index in [2.05, 4.69) is 0 Å². The number of nitrogens with zero attached hydrogens (tertiary/aromatic N) is 1. The number of ether oxygens (including phenoxy) is 1. The Bertz CT molecular complexity index is 451. The van der Waals surface area contributed by atoms with E-state index in [4.69, 9.17) is 4.74 Å². The van der Waals surface area contributed by atoms with Gasteiger partial charge in [0, 0.05) is 13.1 Å². The minimum absolute atomic E-state index is 0.111. The molecule has 2 rings (SSSR count). The van der Waals surface area contributed by atoms with E-state index in [1.54, 1.807) is 6.07 Å². The van der Waals surface area contributed by atoms with Crippen LogP contribution >= 0.6 is 0 Å². The van der Waals surface area contributed by atoms with E-state index < -0.39 is 11.6 Å². The number of methoxy groups -OCH3 is 1. The van der Waals surface area contributed by atoms with Gasteiger partial charge in [0.05, 0.1) is 13.0 Å². The molecule has 0 saturated carbocycles. The summed E-state index contributed by atoms with van der Waals surface area (Å²) in [6.45, 7) is 1.88. The fourth-order valence-electron chi connectivity index (χ4n) is 2.23. The van der Waals surface area contributed by atoms with E-state index in [-0.39, 0.29) is 11.9 Å². The van der Waals surface area contributed by atoms with E-state index in [1.165, 1.54) is 13.2 Å². The van der Waals surface area contributed by atoms with Gasteiger partial charge in [-0.3, -0.25) is 9.69 Å². The number of benzene rings is 1. The molecule has 3 nitrogen and oxygen atoms in total. The van der Waals surface area contributed by atoms with Gasteiger partial charge in [0.15, 0.2) is 11.6 Å². The molecule has 0 radical (unpaired) electrons. The number of likely N-dealkylation sites (tertiary alicyclic amines) is 1.